The second-order valence-electron chi connectivity index (χ2n) is 9.82. The van der Waals surface area contributed by atoms with Gasteiger partial charge in [0, 0.05) is 25.9 Å². The van der Waals surface area contributed by atoms with Gasteiger partial charge in [0.25, 0.3) is 0 Å². The maximum absolute atomic E-state index is 13.1. The van der Waals surface area contributed by atoms with E-state index in [-0.39, 0.29) is 57.5 Å². The zero-order chi connectivity index (χ0) is 30.3. The fourth-order valence-electron chi connectivity index (χ4n) is 4.82. The van der Waals surface area contributed by atoms with Crippen LogP contribution in [0.1, 0.15) is 51.0 Å². The summed E-state index contributed by atoms with van der Waals surface area (Å²) < 4.78 is 20.3. The highest BCUT2D eigenvalue weighted by molar-refractivity contribution is 6.00. The van der Waals surface area contributed by atoms with Gasteiger partial charge in [-0.1, -0.05) is 54.6 Å². The first-order chi connectivity index (χ1) is 19.7. The van der Waals surface area contributed by atoms with Crippen LogP contribution < -0.4 is 0 Å². The largest absolute Gasteiger partial charge is 0.469 e. The number of methoxy groups -OCH3 is 3. The van der Waals surface area contributed by atoms with E-state index in [9.17, 15) is 24.0 Å². The summed E-state index contributed by atoms with van der Waals surface area (Å²) >= 11 is 0. The first-order valence-electron chi connectivity index (χ1n) is 13.7. The number of benzene rings is 1. The van der Waals surface area contributed by atoms with Crippen LogP contribution in [0.5, 0.6) is 0 Å². The van der Waals surface area contributed by atoms with Crippen molar-refractivity contribution >= 4 is 29.7 Å². The quantitative estimate of drug-likeness (QED) is 0.207. The summed E-state index contributed by atoms with van der Waals surface area (Å²) in [5, 5.41) is 0. The molecule has 1 aromatic carbocycles. The Bertz CT molecular complexity index is 1080. The van der Waals surface area contributed by atoms with Crippen LogP contribution >= 0.6 is 0 Å². The van der Waals surface area contributed by atoms with Gasteiger partial charge in [0.15, 0.2) is 5.41 Å². The third kappa shape index (κ3) is 9.67. The van der Waals surface area contributed by atoms with Gasteiger partial charge < -0.3 is 18.9 Å². The summed E-state index contributed by atoms with van der Waals surface area (Å²) in [4.78, 5) is 66.4. The SMILES string of the molecule is CCOC(=O)C1C/C=C/CC(C(=O)OC)(C(=O)OC)C/C=C/CC(C(=O)OC)CC(=O)CCN1Cc1ccccc1. The maximum Gasteiger partial charge on any atom is 0.323 e. The third-order valence-corrected chi connectivity index (χ3v) is 7.11. The topological polar surface area (TPSA) is 126 Å². The van der Waals surface area contributed by atoms with Crippen molar-refractivity contribution < 1.29 is 42.9 Å². The fourth-order valence-corrected chi connectivity index (χ4v) is 4.82. The van der Waals surface area contributed by atoms with Gasteiger partial charge in [0.2, 0.25) is 0 Å². The molecule has 41 heavy (non-hydrogen) atoms. The van der Waals surface area contributed by atoms with E-state index in [0.717, 1.165) is 5.56 Å². The number of rotatable bonds is 7. The van der Waals surface area contributed by atoms with Crippen molar-refractivity contribution in [3.8, 4) is 0 Å². The number of allylic oxidation sites excluding steroid dienone is 3. The van der Waals surface area contributed by atoms with E-state index in [1.807, 2.05) is 35.2 Å². The summed E-state index contributed by atoms with van der Waals surface area (Å²) in [6, 6.07) is 8.80. The molecule has 0 aliphatic carbocycles. The molecule has 0 saturated heterocycles. The van der Waals surface area contributed by atoms with Crippen LogP contribution in [0.15, 0.2) is 54.6 Å². The van der Waals surface area contributed by atoms with Crippen LogP contribution in [-0.2, 0) is 49.5 Å². The van der Waals surface area contributed by atoms with Crippen molar-refractivity contribution in [2.45, 2.75) is 58.0 Å². The zero-order valence-electron chi connectivity index (χ0n) is 24.3. The van der Waals surface area contributed by atoms with E-state index in [2.05, 4.69) is 0 Å². The number of hydrogen-bond acceptors (Lipinski definition) is 10. The van der Waals surface area contributed by atoms with Crippen LogP contribution in [0.4, 0.5) is 0 Å². The molecule has 224 valence electrons. The Kier molecular flexibility index (Phi) is 14.0. The number of carbonyl (C=O) groups is 5. The standard InChI is InChI=1S/C31H41NO9/c1-5-41-28(35)26-16-10-12-19-31(29(36)39-3,30(37)40-4)18-11-9-15-24(27(34)38-2)21-25(33)17-20-32(26)22-23-13-7-6-8-14-23/h6-14,24,26H,5,15-22H2,1-4H3/b11-9+,12-10+. The Balaban J connectivity index is 2.54. The molecule has 1 aromatic rings. The summed E-state index contributed by atoms with van der Waals surface area (Å²) in [5.74, 6) is -3.44. The lowest BCUT2D eigenvalue weighted by Crippen LogP contribution is -2.43. The lowest BCUT2D eigenvalue weighted by molar-refractivity contribution is -0.168. The van der Waals surface area contributed by atoms with E-state index in [0.29, 0.717) is 6.54 Å². The lowest BCUT2D eigenvalue weighted by Gasteiger charge is -2.30. The molecule has 0 saturated carbocycles. The summed E-state index contributed by atoms with van der Waals surface area (Å²) in [5.41, 5.74) is -0.728. The molecule has 0 amide bonds. The molecule has 1 aliphatic rings. The molecular weight excluding hydrogens is 530 g/mol. The third-order valence-electron chi connectivity index (χ3n) is 7.11. The highest BCUT2D eigenvalue weighted by Gasteiger charge is 2.46. The highest BCUT2D eigenvalue weighted by Crippen LogP contribution is 2.32. The summed E-state index contributed by atoms with van der Waals surface area (Å²) in [6.07, 6.45) is 7.00. The monoisotopic (exact) mass is 571 g/mol. The number of esters is 4. The molecule has 0 fully saturated rings. The maximum atomic E-state index is 13.1. The van der Waals surface area contributed by atoms with Crippen LogP contribution in [-0.4, -0.2) is 75.1 Å². The Morgan fingerprint density at radius 2 is 1.46 bits per heavy atom. The Labute approximate surface area is 241 Å². The van der Waals surface area contributed by atoms with Gasteiger partial charge in [-0.25, -0.2) is 0 Å². The van der Waals surface area contributed by atoms with Gasteiger partial charge >= 0.3 is 23.9 Å². The number of hydrogen-bond donors (Lipinski definition) is 0. The minimum Gasteiger partial charge on any atom is -0.469 e. The second kappa shape index (κ2) is 17.1. The van der Waals surface area contributed by atoms with Crippen LogP contribution in [0.25, 0.3) is 0 Å². The average molecular weight is 572 g/mol. The van der Waals surface area contributed by atoms with Crippen molar-refractivity contribution in [1.82, 2.24) is 4.90 Å². The van der Waals surface area contributed by atoms with Gasteiger partial charge in [-0.15, -0.1) is 0 Å². The van der Waals surface area contributed by atoms with Gasteiger partial charge in [0.05, 0.1) is 33.9 Å². The molecule has 2 unspecified atom stereocenters. The minimum absolute atomic E-state index is 0.0379. The summed E-state index contributed by atoms with van der Waals surface area (Å²) in [6.45, 7) is 2.53. The predicted octanol–water partition coefficient (Wildman–Crippen LogP) is 3.58. The van der Waals surface area contributed by atoms with Crippen molar-refractivity contribution in [2.24, 2.45) is 11.3 Å². The second-order valence-corrected chi connectivity index (χ2v) is 9.82. The van der Waals surface area contributed by atoms with Crippen molar-refractivity contribution in [2.75, 3.05) is 34.5 Å². The van der Waals surface area contributed by atoms with Gasteiger partial charge in [-0.2, -0.15) is 0 Å². The van der Waals surface area contributed by atoms with Crippen LogP contribution in [0, 0.1) is 11.3 Å². The zero-order valence-corrected chi connectivity index (χ0v) is 24.3. The average Bonchev–Trinajstić information content (AvgIpc) is 2.98. The van der Waals surface area contributed by atoms with Gasteiger partial charge in [-0.3, -0.25) is 28.9 Å². The molecule has 0 radical (unpaired) electrons. The Morgan fingerprint density at radius 3 is 2.02 bits per heavy atom. The van der Waals surface area contributed by atoms with Gasteiger partial charge in [-0.05, 0) is 38.2 Å². The van der Waals surface area contributed by atoms with E-state index < -0.39 is 41.3 Å². The Morgan fingerprint density at radius 1 is 0.854 bits per heavy atom. The molecule has 1 aliphatic heterocycles. The molecule has 10 heteroatoms. The van der Waals surface area contributed by atoms with Crippen molar-refractivity contribution in [3.63, 3.8) is 0 Å². The van der Waals surface area contributed by atoms with Crippen molar-refractivity contribution in [1.29, 1.82) is 0 Å². The first-order valence-corrected chi connectivity index (χ1v) is 13.7. The predicted molar refractivity (Wildman–Crippen MR) is 150 cm³/mol. The minimum atomic E-state index is -1.67. The van der Waals surface area contributed by atoms with E-state index in [1.54, 1.807) is 31.2 Å². The van der Waals surface area contributed by atoms with Gasteiger partial charge in [0.1, 0.15) is 11.8 Å². The van der Waals surface area contributed by atoms with Crippen LogP contribution in [0.2, 0.25) is 0 Å². The number of nitrogens with zero attached hydrogens (tertiary/aromatic N) is 1. The Hall–Kier alpha value is -3.79. The summed E-state index contributed by atoms with van der Waals surface area (Å²) in [7, 11) is 3.64. The molecule has 0 bridgehead atoms. The molecule has 10 nitrogen and oxygen atoms in total. The van der Waals surface area contributed by atoms with Crippen LogP contribution in [0.3, 0.4) is 0 Å². The van der Waals surface area contributed by atoms with E-state index in [1.165, 1.54) is 21.3 Å². The molecular formula is C31H41NO9. The highest BCUT2D eigenvalue weighted by atomic mass is 16.5. The van der Waals surface area contributed by atoms with E-state index in [4.69, 9.17) is 18.9 Å². The normalized spacial score (nSPS) is 22.1. The fraction of sp³-hybridized carbons (Fsp3) is 0.516. The van der Waals surface area contributed by atoms with Crippen molar-refractivity contribution in [3.05, 3.63) is 60.2 Å². The number of ether oxygens (including phenoxy) is 4. The molecule has 0 N–H and O–H groups in total. The molecule has 1 heterocycles. The lowest BCUT2D eigenvalue weighted by atomic mass is 9.80. The number of carbonyl (C=O) groups excluding carboxylic acids is 5. The molecule has 2 rings (SSSR count). The smallest absolute Gasteiger partial charge is 0.323 e. The number of ketones is 1. The molecule has 0 aromatic heterocycles. The number of Topliss-reactive ketones (excluding diaryl/α,β-unsaturated/α-hetero) is 1. The van der Waals surface area contributed by atoms with E-state index >= 15 is 0 Å². The molecule has 0 spiro atoms. The first kappa shape index (κ1) is 33.4. The molecule has 2 atom stereocenters.